The van der Waals surface area contributed by atoms with Crippen LogP contribution in [-0.4, -0.2) is 41.0 Å². The maximum Gasteiger partial charge on any atom is 0.321 e. The van der Waals surface area contributed by atoms with Gasteiger partial charge in [0, 0.05) is 48.3 Å². The average molecular weight is 405 g/mol. The van der Waals surface area contributed by atoms with E-state index in [1.807, 2.05) is 53.6 Å². The van der Waals surface area contributed by atoms with Gasteiger partial charge in [0.2, 0.25) is 5.91 Å². The summed E-state index contributed by atoms with van der Waals surface area (Å²) in [5.74, 6) is 0.0991. The van der Waals surface area contributed by atoms with E-state index < -0.39 is 0 Å². The van der Waals surface area contributed by atoms with Crippen molar-refractivity contribution in [3.05, 3.63) is 66.4 Å². The Balaban J connectivity index is 1.17. The van der Waals surface area contributed by atoms with Crippen LogP contribution in [0.25, 0.3) is 10.9 Å². The quantitative estimate of drug-likeness (QED) is 0.573. The Kier molecular flexibility index (Phi) is 6.32. The molecule has 3 aromatic rings. The predicted molar refractivity (Wildman–Crippen MR) is 119 cm³/mol. The summed E-state index contributed by atoms with van der Waals surface area (Å²) in [4.78, 5) is 29.8. The Morgan fingerprint density at radius 1 is 1.00 bits per heavy atom. The molecule has 2 heterocycles. The maximum atomic E-state index is 12.4. The number of anilines is 1. The Morgan fingerprint density at radius 2 is 1.73 bits per heavy atom. The number of benzene rings is 2. The third kappa shape index (κ3) is 5.00. The Morgan fingerprint density at radius 3 is 2.53 bits per heavy atom. The normalized spacial score (nSPS) is 14.6. The van der Waals surface area contributed by atoms with Crippen LogP contribution in [0.15, 0.2) is 60.8 Å². The van der Waals surface area contributed by atoms with Crippen molar-refractivity contribution in [2.75, 3.05) is 18.4 Å². The van der Waals surface area contributed by atoms with Crippen molar-refractivity contribution in [2.24, 2.45) is 0 Å². The van der Waals surface area contributed by atoms with Gasteiger partial charge in [-0.3, -0.25) is 4.79 Å². The minimum atomic E-state index is -0.0790. The molecule has 0 radical (unpaired) electrons. The van der Waals surface area contributed by atoms with E-state index in [4.69, 9.17) is 0 Å². The van der Waals surface area contributed by atoms with Gasteiger partial charge >= 0.3 is 6.03 Å². The second kappa shape index (κ2) is 9.48. The number of H-pyrrole nitrogens is 1. The zero-order valence-electron chi connectivity index (χ0n) is 17.1. The second-order valence-corrected chi connectivity index (χ2v) is 7.84. The van der Waals surface area contributed by atoms with Gasteiger partial charge in [0.15, 0.2) is 0 Å². The number of aromatic nitrogens is 1. The van der Waals surface area contributed by atoms with Gasteiger partial charge in [0.1, 0.15) is 0 Å². The first-order valence-electron chi connectivity index (χ1n) is 10.6. The van der Waals surface area contributed by atoms with Crippen molar-refractivity contribution in [3.8, 4) is 0 Å². The fourth-order valence-electron chi connectivity index (χ4n) is 4.03. The molecule has 1 aliphatic rings. The molecule has 1 aliphatic heterocycles. The number of carbonyl (C=O) groups is 2. The lowest BCUT2D eigenvalue weighted by Gasteiger charge is -2.32. The summed E-state index contributed by atoms with van der Waals surface area (Å²) >= 11 is 0. The predicted octanol–water partition coefficient (Wildman–Crippen LogP) is 4.30. The number of likely N-dealkylation sites (tertiary alicyclic amines) is 1. The summed E-state index contributed by atoms with van der Waals surface area (Å²) in [6.45, 7) is 1.30. The first-order chi connectivity index (χ1) is 14.7. The lowest BCUT2D eigenvalue weighted by molar-refractivity contribution is -0.122. The fourth-order valence-corrected chi connectivity index (χ4v) is 4.03. The Labute approximate surface area is 176 Å². The summed E-state index contributed by atoms with van der Waals surface area (Å²) in [7, 11) is 0. The zero-order valence-corrected chi connectivity index (χ0v) is 17.1. The molecule has 6 nitrogen and oxygen atoms in total. The standard InChI is InChI=1S/C24H28N4O2/c29-23(12-6-7-18-17-25-22-11-5-4-10-21(18)22)26-20-13-15-28(16-14-20)24(30)27-19-8-2-1-3-9-19/h1-5,8-11,17,20,25H,6-7,12-16H2,(H,26,29)(H,27,30). The fraction of sp³-hybridized carbons (Fsp3) is 0.333. The van der Waals surface area contributed by atoms with Gasteiger partial charge in [-0.15, -0.1) is 0 Å². The molecule has 3 amide bonds. The summed E-state index contributed by atoms with van der Waals surface area (Å²) in [5, 5.41) is 7.29. The molecule has 0 spiro atoms. The third-order valence-corrected chi connectivity index (χ3v) is 5.70. The van der Waals surface area contributed by atoms with Crippen molar-refractivity contribution >= 4 is 28.5 Å². The average Bonchev–Trinajstić information content (AvgIpc) is 3.18. The van der Waals surface area contributed by atoms with Crippen LogP contribution in [0, 0.1) is 0 Å². The number of hydrogen-bond acceptors (Lipinski definition) is 2. The van der Waals surface area contributed by atoms with Crippen LogP contribution in [0.2, 0.25) is 0 Å². The molecule has 1 saturated heterocycles. The number of nitrogens with zero attached hydrogens (tertiary/aromatic N) is 1. The molecule has 1 aromatic heterocycles. The topological polar surface area (TPSA) is 77.2 Å². The van der Waals surface area contributed by atoms with Crippen LogP contribution in [-0.2, 0) is 11.2 Å². The Bertz CT molecular complexity index is 991. The summed E-state index contributed by atoms with van der Waals surface area (Å²) < 4.78 is 0. The molecule has 0 saturated carbocycles. The van der Waals surface area contributed by atoms with Gasteiger partial charge in [-0.2, -0.15) is 0 Å². The number of urea groups is 1. The van der Waals surface area contributed by atoms with Crippen LogP contribution >= 0.6 is 0 Å². The number of piperidine rings is 1. The number of aryl methyl sites for hydroxylation is 1. The molecule has 3 N–H and O–H groups in total. The Hall–Kier alpha value is -3.28. The lowest BCUT2D eigenvalue weighted by Crippen LogP contribution is -2.47. The van der Waals surface area contributed by atoms with Gasteiger partial charge in [-0.25, -0.2) is 4.79 Å². The third-order valence-electron chi connectivity index (χ3n) is 5.70. The van der Waals surface area contributed by atoms with Gasteiger partial charge < -0.3 is 20.5 Å². The number of aromatic amines is 1. The zero-order chi connectivity index (χ0) is 20.8. The van der Waals surface area contributed by atoms with Crippen LogP contribution in [0.1, 0.15) is 31.2 Å². The molecular formula is C24H28N4O2. The number of rotatable bonds is 6. The van der Waals surface area contributed by atoms with Gasteiger partial charge in [0.05, 0.1) is 0 Å². The molecule has 6 heteroatoms. The summed E-state index contributed by atoms with van der Waals surface area (Å²) in [5.41, 5.74) is 3.20. The van der Waals surface area contributed by atoms with E-state index in [1.165, 1.54) is 10.9 Å². The lowest BCUT2D eigenvalue weighted by atomic mass is 10.0. The van der Waals surface area contributed by atoms with Crippen LogP contribution in [0.4, 0.5) is 10.5 Å². The van der Waals surface area contributed by atoms with Gasteiger partial charge in [0.25, 0.3) is 0 Å². The van der Waals surface area contributed by atoms with E-state index in [2.05, 4.69) is 27.8 Å². The van der Waals surface area contributed by atoms with Crippen molar-refractivity contribution in [1.82, 2.24) is 15.2 Å². The van der Waals surface area contributed by atoms with E-state index in [1.54, 1.807) is 0 Å². The van der Waals surface area contributed by atoms with Crippen molar-refractivity contribution in [1.29, 1.82) is 0 Å². The van der Waals surface area contributed by atoms with E-state index in [9.17, 15) is 9.59 Å². The van der Waals surface area contributed by atoms with E-state index in [0.717, 1.165) is 36.9 Å². The second-order valence-electron chi connectivity index (χ2n) is 7.84. The maximum absolute atomic E-state index is 12.4. The molecule has 0 atom stereocenters. The van der Waals surface area contributed by atoms with Crippen molar-refractivity contribution < 1.29 is 9.59 Å². The van der Waals surface area contributed by atoms with E-state index in [-0.39, 0.29) is 18.0 Å². The number of hydrogen-bond donors (Lipinski definition) is 3. The molecule has 156 valence electrons. The van der Waals surface area contributed by atoms with Gasteiger partial charge in [-0.1, -0.05) is 36.4 Å². The van der Waals surface area contributed by atoms with Crippen molar-refractivity contribution in [3.63, 3.8) is 0 Å². The molecule has 2 aromatic carbocycles. The minimum absolute atomic E-state index is 0.0790. The number of amides is 3. The molecule has 4 rings (SSSR count). The highest BCUT2D eigenvalue weighted by molar-refractivity contribution is 5.89. The van der Waals surface area contributed by atoms with Gasteiger partial charge in [-0.05, 0) is 49.4 Å². The van der Waals surface area contributed by atoms with Crippen LogP contribution < -0.4 is 10.6 Å². The molecule has 0 unspecified atom stereocenters. The number of para-hydroxylation sites is 2. The number of fused-ring (bicyclic) bond motifs is 1. The highest BCUT2D eigenvalue weighted by Gasteiger charge is 2.23. The smallest absolute Gasteiger partial charge is 0.321 e. The summed E-state index contributed by atoms with van der Waals surface area (Å²) in [6, 6.07) is 17.8. The van der Waals surface area contributed by atoms with Crippen LogP contribution in [0.3, 0.4) is 0 Å². The molecule has 1 fully saturated rings. The summed E-state index contributed by atoms with van der Waals surface area (Å²) in [6.07, 6.45) is 5.85. The molecule has 0 bridgehead atoms. The molecular weight excluding hydrogens is 376 g/mol. The SMILES string of the molecule is O=C(CCCc1c[nH]c2ccccc12)NC1CCN(C(=O)Nc2ccccc2)CC1. The minimum Gasteiger partial charge on any atom is -0.361 e. The molecule has 30 heavy (non-hydrogen) atoms. The first kappa shape index (κ1) is 20.0. The highest BCUT2D eigenvalue weighted by atomic mass is 16.2. The number of carbonyl (C=O) groups excluding carboxylic acids is 2. The first-order valence-corrected chi connectivity index (χ1v) is 10.6. The highest BCUT2D eigenvalue weighted by Crippen LogP contribution is 2.19. The largest absolute Gasteiger partial charge is 0.361 e. The van der Waals surface area contributed by atoms with Crippen LogP contribution in [0.5, 0.6) is 0 Å². The molecule has 0 aliphatic carbocycles. The number of nitrogens with one attached hydrogen (secondary N) is 3. The monoisotopic (exact) mass is 404 g/mol. The van der Waals surface area contributed by atoms with Crippen molar-refractivity contribution in [2.45, 2.75) is 38.1 Å². The van der Waals surface area contributed by atoms with E-state index >= 15 is 0 Å². The van der Waals surface area contributed by atoms with E-state index in [0.29, 0.717) is 19.5 Å².